The van der Waals surface area contributed by atoms with Crippen LogP contribution in [0.15, 0.2) is 48.5 Å². The summed E-state index contributed by atoms with van der Waals surface area (Å²) in [5.74, 6) is 1.07. The Bertz CT molecular complexity index is 920. The summed E-state index contributed by atoms with van der Waals surface area (Å²) in [5.41, 5.74) is 3.88. The summed E-state index contributed by atoms with van der Waals surface area (Å²) in [6, 6.07) is 15.7. The van der Waals surface area contributed by atoms with Gasteiger partial charge in [0.2, 0.25) is 0 Å². The maximum Gasteiger partial charge on any atom is 0.321 e. The van der Waals surface area contributed by atoms with Gasteiger partial charge in [0.1, 0.15) is 0 Å². The number of carbonyl (C=O) groups is 2. The van der Waals surface area contributed by atoms with E-state index in [0.717, 1.165) is 48.4 Å². The smallest absolute Gasteiger partial charge is 0.321 e. The van der Waals surface area contributed by atoms with Gasteiger partial charge >= 0.3 is 6.03 Å². The Labute approximate surface area is 182 Å². The number of hydrogen-bond acceptors (Lipinski definition) is 3. The van der Waals surface area contributed by atoms with Gasteiger partial charge in [-0.25, -0.2) is 4.79 Å². The fourth-order valence-corrected chi connectivity index (χ4v) is 5.81. The first kappa shape index (κ1) is 20.8. The Hall–Kier alpha value is -2.47. The van der Waals surface area contributed by atoms with Crippen molar-refractivity contribution >= 4 is 29.4 Å². The van der Waals surface area contributed by atoms with Crippen molar-refractivity contribution in [2.45, 2.75) is 38.0 Å². The number of hydrogen-bond donors (Lipinski definition) is 1. The zero-order valence-corrected chi connectivity index (χ0v) is 18.5. The van der Waals surface area contributed by atoms with Crippen LogP contribution < -0.4 is 5.32 Å². The summed E-state index contributed by atoms with van der Waals surface area (Å²) < 4.78 is 0. The Morgan fingerprint density at radius 2 is 1.73 bits per heavy atom. The van der Waals surface area contributed by atoms with Crippen LogP contribution in [0.25, 0.3) is 0 Å². The van der Waals surface area contributed by atoms with Gasteiger partial charge in [-0.15, -0.1) is 11.8 Å². The fraction of sp³-hybridized carbons (Fsp3) is 0.417. The van der Waals surface area contributed by atoms with E-state index in [-0.39, 0.29) is 16.8 Å². The largest absolute Gasteiger partial charge is 0.324 e. The number of aryl methyl sites for hydroxylation is 2. The normalized spacial score (nSPS) is 17.9. The van der Waals surface area contributed by atoms with Gasteiger partial charge in [0.15, 0.2) is 0 Å². The molecule has 2 aliphatic heterocycles. The number of carbonyl (C=O) groups excluding carboxylic acids is 2. The highest BCUT2D eigenvalue weighted by atomic mass is 32.2. The third-order valence-corrected chi connectivity index (χ3v) is 7.80. The molecule has 158 valence electrons. The highest BCUT2D eigenvalue weighted by molar-refractivity contribution is 8.00. The average Bonchev–Trinajstić information content (AvgIpc) is 3.17. The number of rotatable bonds is 3. The van der Waals surface area contributed by atoms with Crippen LogP contribution in [-0.4, -0.2) is 52.0 Å². The summed E-state index contributed by atoms with van der Waals surface area (Å²) in [4.78, 5) is 29.7. The van der Waals surface area contributed by atoms with E-state index in [1.807, 2.05) is 72.1 Å². The van der Waals surface area contributed by atoms with Crippen molar-refractivity contribution < 1.29 is 9.59 Å². The molecule has 0 aromatic heterocycles. The summed E-state index contributed by atoms with van der Waals surface area (Å²) >= 11 is 1.87. The second-order valence-electron chi connectivity index (χ2n) is 8.03. The third-order valence-electron chi connectivity index (χ3n) is 6.24. The first-order valence-corrected chi connectivity index (χ1v) is 11.7. The van der Waals surface area contributed by atoms with Crippen LogP contribution in [0.4, 0.5) is 10.5 Å². The van der Waals surface area contributed by atoms with Gasteiger partial charge < -0.3 is 15.1 Å². The number of thioether (sulfide) groups is 1. The first-order chi connectivity index (χ1) is 14.5. The number of piperidine rings is 1. The maximum absolute atomic E-state index is 13.3. The predicted molar refractivity (Wildman–Crippen MR) is 123 cm³/mol. The number of anilines is 1. The zero-order valence-electron chi connectivity index (χ0n) is 17.7. The second kappa shape index (κ2) is 8.72. The van der Waals surface area contributed by atoms with Crippen LogP contribution in [0.3, 0.4) is 0 Å². The van der Waals surface area contributed by atoms with Crippen LogP contribution in [0.5, 0.6) is 0 Å². The molecule has 0 radical (unpaired) electrons. The van der Waals surface area contributed by atoms with Gasteiger partial charge in [-0.1, -0.05) is 37.3 Å². The SMILES string of the molecule is CCc1ccc(NC(=O)N2CCC3(CC2)SCCN3C(=O)c2ccccc2C)cc1. The van der Waals surface area contributed by atoms with E-state index >= 15 is 0 Å². The number of nitrogens with one attached hydrogen (secondary N) is 1. The number of urea groups is 1. The lowest BCUT2D eigenvalue weighted by molar-refractivity contribution is 0.0585. The Morgan fingerprint density at radius 1 is 1.03 bits per heavy atom. The lowest BCUT2D eigenvalue weighted by atomic mass is 10.00. The van der Waals surface area contributed by atoms with Gasteiger partial charge in [0, 0.05) is 36.6 Å². The van der Waals surface area contributed by atoms with E-state index in [2.05, 4.69) is 17.1 Å². The maximum atomic E-state index is 13.3. The van der Waals surface area contributed by atoms with Gasteiger partial charge in [-0.05, 0) is 55.5 Å². The molecule has 6 heteroatoms. The zero-order chi connectivity index (χ0) is 21.1. The minimum Gasteiger partial charge on any atom is -0.324 e. The monoisotopic (exact) mass is 423 g/mol. The highest BCUT2D eigenvalue weighted by Gasteiger charge is 2.47. The minimum absolute atomic E-state index is 0.0612. The molecule has 1 N–H and O–H groups in total. The summed E-state index contributed by atoms with van der Waals surface area (Å²) in [6.45, 7) is 6.19. The molecule has 2 saturated heterocycles. The van der Waals surface area contributed by atoms with Crippen LogP contribution in [-0.2, 0) is 6.42 Å². The number of amides is 3. The summed E-state index contributed by atoms with van der Waals surface area (Å²) in [7, 11) is 0. The van der Waals surface area contributed by atoms with Crippen LogP contribution in [0.1, 0.15) is 41.3 Å². The molecule has 0 aliphatic carbocycles. The molecule has 0 atom stereocenters. The molecule has 0 bridgehead atoms. The van der Waals surface area contributed by atoms with E-state index in [9.17, 15) is 9.59 Å². The van der Waals surface area contributed by atoms with E-state index in [1.54, 1.807) is 0 Å². The van der Waals surface area contributed by atoms with Crippen molar-refractivity contribution in [3.8, 4) is 0 Å². The molecule has 0 saturated carbocycles. The summed E-state index contributed by atoms with van der Waals surface area (Å²) in [6.07, 6.45) is 2.59. The van der Waals surface area contributed by atoms with Crippen molar-refractivity contribution in [3.63, 3.8) is 0 Å². The predicted octanol–water partition coefficient (Wildman–Crippen LogP) is 4.77. The van der Waals surface area contributed by atoms with E-state index in [0.29, 0.717) is 13.1 Å². The molecular weight excluding hydrogens is 394 g/mol. The van der Waals surface area contributed by atoms with E-state index in [1.165, 1.54) is 5.56 Å². The second-order valence-corrected chi connectivity index (χ2v) is 9.49. The van der Waals surface area contributed by atoms with Crippen molar-refractivity contribution in [3.05, 3.63) is 65.2 Å². The van der Waals surface area contributed by atoms with Crippen molar-refractivity contribution in [1.29, 1.82) is 0 Å². The fourth-order valence-electron chi connectivity index (χ4n) is 4.35. The summed E-state index contributed by atoms with van der Waals surface area (Å²) in [5, 5.41) is 3.01. The Morgan fingerprint density at radius 3 is 2.40 bits per heavy atom. The topological polar surface area (TPSA) is 52.7 Å². The van der Waals surface area contributed by atoms with Crippen molar-refractivity contribution in [1.82, 2.24) is 9.80 Å². The Balaban J connectivity index is 1.40. The third kappa shape index (κ3) is 4.06. The van der Waals surface area contributed by atoms with Crippen LogP contribution in [0, 0.1) is 6.92 Å². The van der Waals surface area contributed by atoms with Gasteiger partial charge in [-0.3, -0.25) is 4.79 Å². The molecule has 0 unspecified atom stereocenters. The molecule has 2 aliphatic rings. The molecule has 3 amide bonds. The number of likely N-dealkylation sites (tertiary alicyclic amines) is 1. The van der Waals surface area contributed by atoms with Crippen molar-refractivity contribution in [2.24, 2.45) is 0 Å². The van der Waals surface area contributed by atoms with Gasteiger partial charge in [-0.2, -0.15) is 0 Å². The molecule has 2 aromatic rings. The van der Waals surface area contributed by atoms with E-state index in [4.69, 9.17) is 0 Å². The standard InChI is InChI=1S/C24H29N3O2S/c1-3-19-8-10-20(11-9-19)25-23(29)26-14-12-24(13-15-26)27(16-17-30-24)22(28)21-7-5-4-6-18(21)2/h4-11H,3,12-17H2,1-2H3,(H,25,29). The minimum atomic E-state index is -0.196. The quantitative estimate of drug-likeness (QED) is 0.774. The molecule has 4 rings (SSSR count). The lowest BCUT2D eigenvalue weighted by Crippen LogP contribution is -2.54. The number of benzene rings is 2. The molecule has 5 nitrogen and oxygen atoms in total. The molecule has 30 heavy (non-hydrogen) atoms. The van der Waals surface area contributed by atoms with Crippen molar-refractivity contribution in [2.75, 3.05) is 30.7 Å². The van der Waals surface area contributed by atoms with E-state index < -0.39 is 0 Å². The van der Waals surface area contributed by atoms with Gasteiger partial charge in [0.25, 0.3) is 5.91 Å². The van der Waals surface area contributed by atoms with Gasteiger partial charge in [0.05, 0.1) is 4.87 Å². The average molecular weight is 424 g/mol. The number of nitrogens with zero attached hydrogens (tertiary/aromatic N) is 2. The first-order valence-electron chi connectivity index (χ1n) is 10.7. The van der Waals surface area contributed by atoms with Crippen LogP contribution in [0.2, 0.25) is 0 Å². The molecule has 2 fully saturated rings. The molecule has 1 spiro atoms. The molecular formula is C24H29N3O2S. The lowest BCUT2D eigenvalue weighted by Gasteiger charge is -2.44. The molecule has 2 heterocycles. The highest BCUT2D eigenvalue weighted by Crippen LogP contribution is 2.44. The van der Waals surface area contributed by atoms with Crippen LogP contribution >= 0.6 is 11.8 Å². The Kier molecular flexibility index (Phi) is 6.04. The molecule has 2 aromatic carbocycles.